The maximum absolute atomic E-state index is 12.2. The van der Waals surface area contributed by atoms with Crippen LogP contribution in [0.2, 0.25) is 0 Å². The number of aryl methyl sites for hydroxylation is 2. The summed E-state index contributed by atoms with van der Waals surface area (Å²) < 4.78 is 24.1. The number of hydrogen-bond acceptors (Lipinski definition) is 5. The van der Waals surface area contributed by atoms with Gasteiger partial charge in [-0.15, -0.1) is 0 Å². The van der Waals surface area contributed by atoms with Crippen molar-refractivity contribution in [1.29, 1.82) is 0 Å². The molecule has 27 heavy (non-hydrogen) atoms. The Kier molecular flexibility index (Phi) is 5.62. The van der Waals surface area contributed by atoms with E-state index >= 15 is 0 Å². The number of carbonyl (C=O) groups is 2. The molecule has 2 fully saturated rings. The lowest BCUT2D eigenvalue weighted by atomic mass is 10.1. The molecular formula is C18H22N2O5S2. The summed E-state index contributed by atoms with van der Waals surface area (Å²) in [6.45, 7) is 3.99. The number of aliphatic carboxylic acids is 1. The fourth-order valence-corrected chi connectivity index (χ4v) is 7.23. The third-order valence-corrected chi connectivity index (χ3v) is 8.05. The first-order chi connectivity index (χ1) is 12.7. The van der Waals surface area contributed by atoms with Gasteiger partial charge in [0.1, 0.15) is 0 Å². The van der Waals surface area contributed by atoms with E-state index in [4.69, 9.17) is 5.11 Å². The Morgan fingerprint density at radius 3 is 2.63 bits per heavy atom. The van der Waals surface area contributed by atoms with E-state index in [2.05, 4.69) is 4.99 Å². The molecule has 0 aromatic heterocycles. The summed E-state index contributed by atoms with van der Waals surface area (Å²) in [7, 11) is -3.11. The van der Waals surface area contributed by atoms with E-state index in [0.29, 0.717) is 5.17 Å². The molecule has 0 bridgehead atoms. The van der Waals surface area contributed by atoms with Crippen LogP contribution in [-0.2, 0) is 19.4 Å². The molecule has 0 aliphatic carbocycles. The predicted molar refractivity (Wildman–Crippen MR) is 106 cm³/mol. The van der Waals surface area contributed by atoms with Gasteiger partial charge in [0, 0.05) is 23.8 Å². The first-order valence-electron chi connectivity index (χ1n) is 8.73. The van der Waals surface area contributed by atoms with Crippen molar-refractivity contribution in [2.75, 3.05) is 16.4 Å². The Hall–Kier alpha value is -1.87. The van der Waals surface area contributed by atoms with E-state index in [1.165, 1.54) is 11.8 Å². The molecule has 2 aliphatic rings. The number of carbonyl (C=O) groups excluding carboxylic acids is 1. The maximum atomic E-state index is 12.2. The number of anilines is 1. The quantitative estimate of drug-likeness (QED) is 0.793. The highest BCUT2D eigenvalue weighted by atomic mass is 32.2. The summed E-state index contributed by atoms with van der Waals surface area (Å²) in [6.07, 6.45) is 0.222. The molecule has 146 valence electrons. The first kappa shape index (κ1) is 19.9. The van der Waals surface area contributed by atoms with Gasteiger partial charge >= 0.3 is 5.97 Å². The molecule has 3 rings (SSSR count). The number of thioether (sulfide) groups is 1. The molecule has 1 amide bonds. The van der Waals surface area contributed by atoms with Crippen molar-refractivity contribution in [3.63, 3.8) is 0 Å². The molecule has 7 nitrogen and oxygen atoms in total. The zero-order valence-corrected chi connectivity index (χ0v) is 16.8. The van der Waals surface area contributed by atoms with Gasteiger partial charge in [0.2, 0.25) is 5.91 Å². The minimum absolute atomic E-state index is 0.0455. The second-order valence-electron chi connectivity index (χ2n) is 6.97. The predicted octanol–water partition coefficient (Wildman–Crippen LogP) is 2.16. The fourth-order valence-electron chi connectivity index (χ4n) is 3.30. The molecule has 0 radical (unpaired) electrons. The van der Waals surface area contributed by atoms with Gasteiger partial charge in [0.15, 0.2) is 15.0 Å². The first-order valence-corrected chi connectivity index (χ1v) is 11.4. The Labute approximate surface area is 162 Å². The van der Waals surface area contributed by atoms with Crippen molar-refractivity contribution >= 4 is 44.3 Å². The van der Waals surface area contributed by atoms with Crippen molar-refractivity contribution in [1.82, 2.24) is 0 Å². The largest absolute Gasteiger partial charge is 0.481 e. The number of carboxylic acid groups (broad SMARTS) is 1. The zero-order valence-electron chi connectivity index (χ0n) is 15.2. The minimum Gasteiger partial charge on any atom is -0.481 e. The number of benzene rings is 1. The number of sulfone groups is 1. The Balaban J connectivity index is 1.88. The van der Waals surface area contributed by atoms with Crippen molar-refractivity contribution in [3.8, 4) is 0 Å². The average molecular weight is 411 g/mol. The van der Waals surface area contributed by atoms with Crippen LogP contribution in [0, 0.1) is 13.8 Å². The molecule has 9 heteroatoms. The van der Waals surface area contributed by atoms with Crippen LogP contribution in [0.4, 0.5) is 5.69 Å². The van der Waals surface area contributed by atoms with Gasteiger partial charge in [-0.25, -0.2) is 8.42 Å². The van der Waals surface area contributed by atoms with Gasteiger partial charge in [-0.2, -0.15) is 4.99 Å². The lowest BCUT2D eigenvalue weighted by Crippen LogP contribution is -2.37. The van der Waals surface area contributed by atoms with Crippen molar-refractivity contribution in [2.45, 2.75) is 44.4 Å². The average Bonchev–Trinajstić information content (AvgIpc) is 3.00. The van der Waals surface area contributed by atoms with Crippen LogP contribution in [-0.4, -0.2) is 53.4 Å². The molecule has 2 atom stereocenters. The minimum atomic E-state index is -3.11. The number of carboxylic acids is 1. The van der Waals surface area contributed by atoms with Crippen LogP contribution in [0.25, 0.3) is 0 Å². The summed E-state index contributed by atoms with van der Waals surface area (Å²) in [4.78, 5) is 28.8. The SMILES string of the molecule is Cc1ccc(N2C(=NC(=O)CCCC(=O)O)S[C@H]3CS(=O)(=O)C[C@H]32)cc1C. The lowest BCUT2D eigenvalue weighted by molar-refractivity contribution is -0.137. The van der Waals surface area contributed by atoms with Crippen LogP contribution in [0.15, 0.2) is 23.2 Å². The summed E-state index contributed by atoms with van der Waals surface area (Å²) in [5, 5.41) is 9.04. The van der Waals surface area contributed by atoms with E-state index in [1.807, 2.05) is 36.9 Å². The number of aliphatic imine (C=N–C) groups is 1. The highest BCUT2D eigenvalue weighted by Crippen LogP contribution is 2.41. The van der Waals surface area contributed by atoms with Gasteiger partial charge in [-0.05, 0) is 43.5 Å². The standard InChI is InChI=1S/C18H22N2O5S2/c1-11-6-7-13(8-12(11)2)20-14-9-27(24,25)10-15(14)26-18(20)19-16(21)4-3-5-17(22)23/h6-8,14-15H,3-5,9-10H2,1-2H3,(H,22,23)/t14-,15+/m1/s1. The van der Waals surface area contributed by atoms with E-state index in [9.17, 15) is 18.0 Å². The third kappa shape index (κ3) is 4.52. The highest BCUT2D eigenvalue weighted by Gasteiger charge is 2.49. The Morgan fingerprint density at radius 1 is 1.22 bits per heavy atom. The number of fused-ring (bicyclic) bond motifs is 1. The van der Waals surface area contributed by atoms with Crippen molar-refractivity contribution in [3.05, 3.63) is 29.3 Å². The highest BCUT2D eigenvalue weighted by molar-refractivity contribution is 8.16. The van der Waals surface area contributed by atoms with Crippen molar-refractivity contribution < 1.29 is 23.1 Å². The van der Waals surface area contributed by atoms with E-state index in [-0.39, 0.29) is 48.0 Å². The molecule has 2 saturated heterocycles. The number of amidine groups is 1. The summed E-state index contributed by atoms with van der Waals surface area (Å²) in [5.74, 6) is -1.20. The molecule has 0 unspecified atom stereocenters. The van der Waals surface area contributed by atoms with Gasteiger partial charge in [-0.3, -0.25) is 9.59 Å². The van der Waals surface area contributed by atoms with Gasteiger partial charge in [0.05, 0.1) is 17.5 Å². The number of nitrogens with zero attached hydrogens (tertiary/aromatic N) is 2. The van der Waals surface area contributed by atoms with E-state index < -0.39 is 15.8 Å². The van der Waals surface area contributed by atoms with Crippen LogP contribution in [0.1, 0.15) is 30.4 Å². The van der Waals surface area contributed by atoms with Crippen LogP contribution >= 0.6 is 11.8 Å². The molecule has 2 aliphatic heterocycles. The lowest BCUT2D eigenvalue weighted by Gasteiger charge is -2.25. The number of rotatable bonds is 5. The van der Waals surface area contributed by atoms with Crippen LogP contribution in [0.5, 0.6) is 0 Å². The molecular weight excluding hydrogens is 388 g/mol. The van der Waals surface area contributed by atoms with Gasteiger partial charge in [-0.1, -0.05) is 17.8 Å². The normalized spacial score (nSPS) is 25.0. The summed E-state index contributed by atoms with van der Waals surface area (Å²) in [6, 6.07) is 5.62. The smallest absolute Gasteiger partial charge is 0.303 e. The Bertz CT molecular complexity index is 910. The molecule has 2 heterocycles. The summed E-state index contributed by atoms with van der Waals surface area (Å²) >= 11 is 1.32. The van der Waals surface area contributed by atoms with E-state index in [0.717, 1.165) is 16.8 Å². The molecule has 1 N–H and O–H groups in total. The van der Waals surface area contributed by atoms with Gasteiger partial charge in [0.25, 0.3) is 0 Å². The zero-order chi connectivity index (χ0) is 19.8. The maximum Gasteiger partial charge on any atom is 0.303 e. The monoisotopic (exact) mass is 410 g/mol. The second-order valence-corrected chi connectivity index (χ2v) is 10.3. The molecule has 0 saturated carbocycles. The topological polar surface area (TPSA) is 104 Å². The molecule has 1 aromatic carbocycles. The van der Waals surface area contributed by atoms with E-state index in [1.54, 1.807) is 0 Å². The van der Waals surface area contributed by atoms with Crippen LogP contribution in [0.3, 0.4) is 0 Å². The van der Waals surface area contributed by atoms with Crippen molar-refractivity contribution in [2.24, 2.45) is 4.99 Å². The van der Waals surface area contributed by atoms with Crippen LogP contribution < -0.4 is 4.90 Å². The molecule has 0 spiro atoms. The Morgan fingerprint density at radius 2 is 1.96 bits per heavy atom. The second kappa shape index (κ2) is 7.63. The molecule has 1 aromatic rings. The van der Waals surface area contributed by atoms with Gasteiger partial charge < -0.3 is 10.0 Å². The third-order valence-electron chi connectivity index (χ3n) is 4.84. The number of hydrogen-bond donors (Lipinski definition) is 1. The number of amides is 1. The summed E-state index contributed by atoms with van der Waals surface area (Å²) in [5.41, 5.74) is 3.03. The fraction of sp³-hybridized carbons (Fsp3) is 0.500.